The highest BCUT2D eigenvalue weighted by Crippen LogP contribution is 2.34. The first-order valence-electron chi connectivity index (χ1n) is 5.69. The lowest BCUT2D eigenvalue weighted by Crippen LogP contribution is -2.10. The van der Waals surface area contributed by atoms with Crippen LogP contribution in [-0.4, -0.2) is 7.11 Å². The zero-order valence-electron chi connectivity index (χ0n) is 10.7. The summed E-state index contributed by atoms with van der Waals surface area (Å²) < 4.78 is 6.17. The highest BCUT2D eigenvalue weighted by atomic mass is 79.9. The maximum absolute atomic E-state index is 6.33. The van der Waals surface area contributed by atoms with E-state index >= 15 is 0 Å². The molecule has 2 rings (SSSR count). The van der Waals surface area contributed by atoms with Crippen molar-refractivity contribution in [3.63, 3.8) is 0 Å². The molecule has 0 amide bonds. The lowest BCUT2D eigenvalue weighted by molar-refractivity contribution is 0.414. The van der Waals surface area contributed by atoms with E-state index < -0.39 is 0 Å². The zero-order chi connectivity index (χ0) is 13.3. The Morgan fingerprint density at radius 3 is 2.50 bits per heavy atom. The van der Waals surface area contributed by atoms with Gasteiger partial charge in [-0.2, -0.15) is 0 Å². The van der Waals surface area contributed by atoms with Gasteiger partial charge in [0.15, 0.2) is 0 Å². The van der Waals surface area contributed by atoms with Crippen molar-refractivity contribution in [1.29, 1.82) is 0 Å². The standard InChI is InChI=1S/C14H16BrNOS/c1-8-6-13(18-9(8)2)14(16)11-5-4-10(17-3)7-12(11)15/h4-7,14H,16H2,1-3H3. The summed E-state index contributed by atoms with van der Waals surface area (Å²) in [4.78, 5) is 2.51. The van der Waals surface area contributed by atoms with Crippen LogP contribution in [0, 0.1) is 13.8 Å². The Labute approximate surface area is 120 Å². The van der Waals surface area contributed by atoms with Crippen LogP contribution in [-0.2, 0) is 0 Å². The molecule has 2 nitrogen and oxygen atoms in total. The molecule has 2 aromatic rings. The molecule has 0 spiro atoms. The van der Waals surface area contributed by atoms with Gasteiger partial charge in [-0.1, -0.05) is 22.0 Å². The van der Waals surface area contributed by atoms with Gasteiger partial charge in [0, 0.05) is 14.2 Å². The minimum Gasteiger partial charge on any atom is -0.497 e. The Bertz CT molecular complexity index is 545. The van der Waals surface area contributed by atoms with Gasteiger partial charge in [0.05, 0.1) is 13.2 Å². The van der Waals surface area contributed by atoms with Crippen LogP contribution in [0.25, 0.3) is 0 Å². The highest BCUT2D eigenvalue weighted by molar-refractivity contribution is 9.10. The Morgan fingerprint density at radius 1 is 1.28 bits per heavy atom. The molecule has 1 aromatic heterocycles. The van der Waals surface area contributed by atoms with Crippen molar-refractivity contribution in [2.24, 2.45) is 5.73 Å². The number of thiophene rings is 1. The van der Waals surface area contributed by atoms with Crippen LogP contribution in [0.2, 0.25) is 0 Å². The second kappa shape index (κ2) is 5.43. The summed E-state index contributed by atoms with van der Waals surface area (Å²) >= 11 is 5.31. The van der Waals surface area contributed by atoms with E-state index in [2.05, 4.69) is 35.8 Å². The van der Waals surface area contributed by atoms with Crippen LogP contribution in [0.5, 0.6) is 5.75 Å². The molecule has 96 valence electrons. The normalized spacial score (nSPS) is 12.5. The molecule has 1 unspecified atom stereocenters. The molecule has 0 saturated carbocycles. The van der Waals surface area contributed by atoms with Gasteiger partial charge in [0.2, 0.25) is 0 Å². The van der Waals surface area contributed by atoms with E-state index in [-0.39, 0.29) is 6.04 Å². The third-order valence-electron chi connectivity index (χ3n) is 3.03. The van der Waals surface area contributed by atoms with Crippen LogP contribution in [0.3, 0.4) is 0 Å². The van der Waals surface area contributed by atoms with Crippen LogP contribution in [0.1, 0.15) is 26.9 Å². The molecule has 18 heavy (non-hydrogen) atoms. The summed E-state index contributed by atoms with van der Waals surface area (Å²) in [5.41, 5.74) is 8.71. The maximum atomic E-state index is 6.33. The first-order chi connectivity index (χ1) is 8.52. The van der Waals surface area contributed by atoms with Gasteiger partial charge in [-0.3, -0.25) is 0 Å². The van der Waals surface area contributed by atoms with Crippen molar-refractivity contribution in [1.82, 2.24) is 0 Å². The number of rotatable bonds is 3. The van der Waals surface area contributed by atoms with Gasteiger partial charge >= 0.3 is 0 Å². The quantitative estimate of drug-likeness (QED) is 0.918. The minimum atomic E-state index is -0.0947. The fraction of sp³-hybridized carbons (Fsp3) is 0.286. The smallest absolute Gasteiger partial charge is 0.120 e. The van der Waals surface area contributed by atoms with Crippen molar-refractivity contribution in [3.8, 4) is 5.75 Å². The number of nitrogens with two attached hydrogens (primary N) is 1. The monoisotopic (exact) mass is 325 g/mol. The van der Waals surface area contributed by atoms with E-state index in [1.54, 1.807) is 18.4 Å². The van der Waals surface area contributed by atoms with Crippen LogP contribution >= 0.6 is 27.3 Å². The predicted octanol–water partition coefficient (Wildman–Crippen LogP) is 4.18. The second-order valence-electron chi connectivity index (χ2n) is 4.25. The molecule has 2 N–H and O–H groups in total. The van der Waals surface area contributed by atoms with Gasteiger partial charge in [-0.05, 0) is 43.2 Å². The zero-order valence-corrected chi connectivity index (χ0v) is 13.1. The van der Waals surface area contributed by atoms with Gasteiger partial charge < -0.3 is 10.5 Å². The summed E-state index contributed by atoms with van der Waals surface area (Å²) in [7, 11) is 1.66. The van der Waals surface area contributed by atoms with Crippen LogP contribution < -0.4 is 10.5 Å². The number of aryl methyl sites for hydroxylation is 2. The number of benzene rings is 1. The van der Waals surface area contributed by atoms with E-state index in [1.807, 2.05) is 18.2 Å². The topological polar surface area (TPSA) is 35.2 Å². The Hall–Kier alpha value is -0.840. The summed E-state index contributed by atoms with van der Waals surface area (Å²) in [5, 5.41) is 0. The third kappa shape index (κ3) is 2.60. The summed E-state index contributed by atoms with van der Waals surface area (Å²) in [5.74, 6) is 0.830. The van der Waals surface area contributed by atoms with Crippen molar-refractivity contribution >= 4 is 27.3 Å². The van der Waals surface area contributed by atoms with E-state index in [0.717, 1.165) is 15.8 Å². The molecule has 0 aliphatic rings. The Morgan fingerprint density at radius 2 is 2.00 bits per heavy atom. The SMILES string of the molecule is COc1ccc(C(N)c2cc(C)c(C)s2)c(Br)c1. The molecular weight excluding hydrogens is 310 g/mol. The molecule has 1 aromatic carbocycles. The van der Waals surface area contributed by atoms with Crippen molar-refractivity contribution in [3.05, 3.63) is 49.6 Å². The molecule has 0 aliphatic carbocycles. The maximum Gasteiger partial charge on any atom is 0.120 e. The fourth-order valence-corrected chi connectivity index (χ4v) is 3.46. The molecule has 1 atom stereocenters. The molecular formula is C14H16BrNOS. The predicted molar refractivity (Wildman–Crippen MR) is 80.5 cm³/mol. The molecule has 1 heterocycles. The summed E-state index contributed by atoms with van der Waals surface area (Å²) in [6.45, 7) is 4.24. The lowest BCUT2D eigenvalue weighted by Gasteiger charge is -2.13. The number of methoxy groups -OCH3 is 1. The van der Waals surface area contributed by atoms with Crippen molar-refractivity contribution in [2.45, 2.75) is 19.9 Å². The molecule has 0 saturated heterocycles. The molecule has 0 bridgehead atoms. The molecule has 4 heteroatoms. The average Bonchev–Trinajstić information content (AvgIpc) is 2.68. The largest absolute Gasteiger partial charge is 0.497 e. The Balaban J connectivity index is 2.36. The summed E-state index contributed by atoms with van der Waals surface area (Å²) in [6.07, 6.45) is 0. The second-order valence-corrected chi connectivity index (χ2v) is 6.40. The van der Waals surface area contributed by atoms with Gasteiger partial charge in [0.25, 0.3) is 0 Å². The summed E-state index contributed by atoms with van der Waals surface area (Å²) in [6, 6.07) is 7.97. The molecule has 0 radical (unpaired) electrons. The van der Waals surface area contributed by atoms with Crippen molar-refractivity contribution < 1.29 is 4.74 Å². The lowest BCUT2D eigenvalue weighted by atomic mass is 10.1. The Kier molecular flexibility index (Phi) is 4.10. The van der Waals surface area contributed by atoms with Gasteiger partial charge in [-0.15, -0.1) is 11.3 Å². The van der Waals surface area contributed by atoms with Crippen LogP contribution in [0.15, 0.2) is 28.7 Å². The highest BCUT2D eigenvalue weighted by Gasteiger charge is 2.15. The third-order valence-corrected chi connectivity index (χ3v) is 4.96. The van der Waals surface area contributed by atoms with E-state index in [0.29, 0.717) is 0 Å². The number of hydrogen-bond acceptors (Lipinski definition) is 3. The van der Waals surface area contributed by atoms with Gasteiger partial charge in [-0.25, -0.2) is 0 Å². The van der Waals surface area contributed by atoms with Crippen molar-refractivity contribution in [2.75, 3.05) is 7.11 Å². The van der Waals surface area contributed by atoms with E-state index in [1.165, 1.54) is 15.3 Å². The van der Waals surface area contributed by atoms with Crippen LogP contribution in [0.4, 0.5) is 0 Å². The number of halogens is 1. The molecule has 0 fully saturated rings. The average molecular weight is 326 g/mol. The first-order valence-corrected chi connectivity index (χ1v) is 7.30. The number of ether oxygens (including phenoxy) is 1. The first kappa shape index (κ1) is 13.6. The fourth-order valence-electron chi connectivity index (χ4n) is 1.80. The van der Waals surface area contributed by atoms with Gasteiger partial charge in [0.1, 0.15) is 5.75 Å². The van der Waals surface area contributed by atoms with E-state index in [9.17, 15) is 0 Å². The number of hydrogen-bond donors (Lipinski definition) is 1. The minimum absolute atomic E-state index is 0.0947. The molecule has 0 aliphatic heterocycles. The van der Waals surface area contributed by atoms with E-state index in [4.69, 9.17) is 10.5 Å².